The molecule has 2 nitrogen and oxygen atoms in total. The minimum Gasteiger partial charge on any atom is -0.320 e. The molecule has 0 atom stereocenters. The summed E-state index contributed by atoms with van der Waals surface area (Å²) in [6.07, 6.45) is -3.32. The first-order valence-electron chi connectivity index (χ1n) is 25.8. The van der Waals surface area contributed by atoms with Crippen LogP contribution in [0.4, 0.5) is 176 Å². The molecule has 0 unspecified atom stereocenters. The second kappa shape index (κ2) is 28.6. The molecule has 0 aliphatic carbocycles. The van der Waals surface area contributed by atoms with Crippen LogP contribution in [0.2, 0.25) is 0 Å². The van der Waals surface area contributed by atoms with Gasteiger partial charge in [-0.15, -0.1) is 43.7 Å². The van der Waals surface area contributed by atoms with Crippen molar-refractivity contribution in [3.8, 4) is 0 Å². The van der Waals surface area contributed by atoms with Crippen molar-refractivity contribution >= 4 is 56.0 Å². The molecule has 0 radical (unpaired) electrons. The van der Waals surface area contributed by atoms with Crippen LogP contribution < -0.4 is 54.3 Å². The average molecular weight is 1500 g/mol. The molecule has 0 aromatic heterocycles. The number of hydrogen-bond acceptors (Lipinski definition) is 0. The second-order valence-electron chi connectivity index (χ2n) is 20.1. The Kier molecular flexibility index (Phi) is 22.3. The molecule has 0 bridgehead atoms. The fourth-order valence-corrected chi connectivity index (χ4v) is 10.7. The molecule has 0 fully saturated rings. The normalized spacial score (nSPS) is 12.9. The van der Waals surface area contributed by atoms with Gasteiger partial charge < -0.3 is 10.6 Å². The predicted octanol–water partition coefficient (Wildman–Crippen LogP) is 10.6. The molecular formula is C56H16B2F40N2. The predicted molar refractivity (Wildman–Crippen MR) is 260 cm³/mol. The first-order valence-corrected chi connectivity index (χ1v) is 25.8. The molecule has 2 heterocycles. The first kappa shape index (κ1) is 77.8. The molecule has 10 rings (SSSR count). The van der Waals surface area contributed by atoms with Gasteiger partial charge in [0.05, 0.1) is 25.5 Å². The fraction of sp³-hybridized carbons (Fsp3) is 0.0714. The maximum Gasteiger partial charge on any atom is 0.200 e. The van der Waals surface area contributed by atoms with Gasteiger partial charge >= 0.3 is 0 Å². The van der Waals surface area contributed by atoms with Crippen molar-refractivity contribution < 1.29 is 186 Å². The zero-order chi connectivity index (χ0) is 75.8. The Hall–Kier alpha value is -9.51. The molecule has 8 aromatic rings. The third-order valence-corrected chi connectivity index (χ3v) is 15.0. The summed E-state index contributed by atoms with van der Waals surface area (Å²) in [5.74, 6) is -143. The highest BCUT2D eigenvalue weighted by Gasteiger charge is 2.55. The highest BCUT2D eigenvalue weighted by Crippen LogP contribution is 2.34. The van der Waals surface area contributed by atoms with E-state index in [-0.39, 0.29) is 0 Å². The van der Waals surface area contributed by atoms with Crippen LogP contribution >= 0.6 is 0 Å². The number of quaternary nitrogens is 2. The molecule has 2 aliphatic heterocycles. The highest BCUT2D eigenvalue weighted by atomic mass is 19.2. The summed E-state index contributed by atoms with van der Waals surface area (Å²) in [7, 11) is 0. The summed E-state index contributed by atoms with van der Waals surface area (Å²) in [5.41, 5.74) is -28.7. The zero-order valence-electron chi connectivity index (χ0n) is 46.6. The molecule has 4 N–H and O–H groups in total. The quantitative estimate of drug-likeness (QED) is 0.0658. The van der Waals surface area contributed by atoms with Crippen molar-refractivity contribution in [1.82, 2.24) is 0 Å². The van der Waals surface area contributed by atoms with Gasteiger partial charge in [-0.2, -0.15) is 0 Å². The third-order valence-electron chi connectivity index (χ3n) is 15.0. The van der Waals surface area contributed by atoms with E-state index in [1.165, 1.54) is 25.9 Å². The van der Waals surface area contributed by atoms with Crippen LogP contribution in [0.3, 0.4) is 0 Å². The van der Waals surface area contributed by atoms with Gasteiger partial charge in [-0.1, -0.05) is 0 Å². The van der Waals surface area contributed by atoms with Gasteiger partial charge in [-0.05, 0) is 12.2 Å². The maximum atomic E-state index is 15.4. The maximum absolute atomic E-state index is 15.4. The van der Waals surface area contributed by atoms with E-state index in [1.807, 2.05) is 0 Å². The van der Waals surface area contributed by atoms with Crippen LogP contribution in [0.15, 0.2) is 24.6 Å². The molecule has 2 aliphatic rings. The molecule has 100 heavy (non-hydrogen) atoms. The van der Waals surface area contributed by atoms with E-state index in [2.05, 4.69) is 35.2 Å². The Morgan fingerprint density at radius 2 is 0.240 bits per heavy atom. The standard InChI is InChI=1S/2C24BF20.2C4H7N/c2*26-5-1(6(27)14(35)21(42)13(5)34)25(2-7(28)15(36)22(43)16(37)8(2)29,3-9(30)17(38)23(44)18(39)10(3)31)4-11(32)19(40)24(45)20(41)12(4)33;2*1-2-4-5-3-1/h;;2*1,3,5H,2,4H2/q2*-1;;/p+2. The molecule has 8 aromatic carbocycles. The number of hydrogen-bond donors (Lipinski definition) is 2. The van der Waals surface area contributed by atoms with Crippen molar-refractivity contribution in [2.45, 2.75) is 12.8 Å². The van der Waals surface area contributed by atoms with E-state index >= 15 is 70.2 Å². The van der Waals surface area contributed by atoms with E-state index in [1.54, 1.807) is 0 Å². The summed E-state index contributed by atoms with van der Waals surface area (Å²) in [4.78, 5) is 0. The Balaban J connectivity index is 0.000000245. The Morgan fingerprint density at radius 3 is 0.300 bits per heavy atom. The van der Waals surface area contributed by atoms with Crippen molar-refractivity contribution in [1.29, 1.82) is 0 Å². The lowest BCUT2D eigenvalue weighted by Crippen LogP contribution is -2.81. The van der Waals surface area contributed by atoms with Crippen molar-refractivity contribution in [2.75, 3.05) is 13.1 Å². The summed E-state index contributed by atoms with van der Waals surface area (Å²) >= 11 is 0. The smallest absolute Gasteiger partial charge is 0.200 e. The highest BCUT2D eigenvalue weighted by molar-refractivity contribution is 7.21. The van der Waals surface area contributed by atoms with Crippen molar-refractivity contribution in [3.05, 3.63) is 257 Å². The average Bonchev–Trinajstić information content (AvgIpc) is 1.69. The molecule has 536 valence electrons. The minimum absolute atomic E-state index is 1.26. The van der Waals surface area contributed by atoms with E-state index in [0.29, 0.717) is 0 Å². The largest absolute Gasteiger partial charge is 0.320 e. The Morgan fingerprint density at radius 1 is 0.150 bits per heavy atom. The van der Waals surface area contributed by atoms with E-state index in [4.69, 9.17) is 0 Å². The molecule has 0 saturated carbocycles. The molecule has 0 spiro atoms. The van der Waals surface area contributed by atoms with Crippen LogP contribution in [0.25, 0.3) is 0 Å². The molecular weight excluding hydrogens is 1480 g/mol. The van der Waals surface area contributed by atoms with Gasteiger partial charge in [0.15, 0.2) is 140 Å². The SMILES string of the molecule is C1=C[NH2+]CC1.C1=C[NH2+]CC1.Fc1c(F)c(F)c([B-](c2c(F)c(F)c(F)c(F)c2F)(c2c(F)c(F)c(F)c(F)c2F)c2c(F)c(F)c(F)c(F)c2F)c(F)c1F.Fc1c(F)c(F)c([B-](c2c(F)c(F)c(F)c(F)c2F)(c2c(F)c(F)c(F)c(F)c2F)c2c(F)c(F)c(F)c(F)c2F)c(F)c1F. The van der Waals surface area contributed by atoms with Gasteiger partial charge in [0.2, 0.25) is 0 Å². The van der Waals surface area contributed by atoms with Crippen LogP contribution in [0.5, 0.6) is 0 Å². The van der Waals surface area contributed by atoms with Crippen LogP contribution in [-0.4, -0.2) is 25.4 Å². The van der Waals surface area contributed by atoms with E-state index in [9.17, 15) is 105 Å². The van der Waals surface area contributed by atoms with Crippen molar-refractivity contribution in [2.24, 2.45) is 0 Å². The Labute approximate surface area is 524 Å². The monoisotopic (exact) mass is 1500 g/mol. The van der Waals surface area contributed by atoms with Crippen LogP contribution in [0.1, 0.15) is 12.8 Å². The van der Waals surface area contributed by atoms with Gasteiger partial charge in [0.1, 0.15) is 105 Å². The topological polar surface area (TPSA) is 33.2 Å². The van der Waals surface area contributed by atoms with Crippen LogP contribution in [-0.2, 0) is 0 Å². The number of rotatable bonds is 8. The van der Waals surface area contributed by atoms with Gasteiger partial charge in [-0.25, -0.2) is 176 Å². The lowest BCUT2D eigenvalue weighted by Gasteiger charge is -2.44. The fourth-order valence-electron chi connectivity index (χ4n) is 10.7. The van der Waals surface area contributed by atoms with Gasteiger partial charge in [-0.3, -0.25) is 0 Å². The zero-order valence-corrected chi connectivity index (χ0v) is 46.6. The minimum atomic E-state index is -7.22. The van der Waals surface area contributed by atoms with Gasteiger partial charge in [0, 0.05) is 12.8 Å². The summed E-state index contributed by atoms with van der Waals surface area (Å²) in [6.45, 7) is 2.53. The molecule has 0 amide bonds. The van der Waals surface area contributed by atoms with E-state index < -0.39 is 289 Å². The lowest BCUT2D eigenvalue weighted by atomic mass is 9.12. The van der Waals surface area contributed by atoms with Gasteiger partial charge in [0.25, 0.3) is 0 Å². The molecule has 0 saturated heterocycles. The molecule has 44 heteroatoms. The lowest BCUT2D eigenvalue weighted by molar-refractivity contribution is -0.578. The second-order valence-corrected chi connectivity index (χ2v) is 20.1. The summed E-state index contributed by atoms with van der Waals surface area (Å²) < 4.78 is 588. The Bertz CT molecular complexity index is 3710. The van der Waals surface area contributed by atoms with E-state index in [0.717, 1.165) is 0 Å². The summed E-state index contributed by atoms with van der Waals surface area (Å²) in [6, 6.07) is 0. The van der Waals surface area contributed by atoms with Crippen molar-refractivity contribution in [3.63, 3.8) is 0 Å². The third kappa shape index (κ3) is 11.7. The first-order chi connectivity index (χ1) is 46.4. The number of nitrogens with two attached hydrogens (primary N) is 2. The number of benzene rings is 8. The summed E-state index contributed by atoms with van der Waals surface area (Å²) in [5, 5.41) is 4.36. The number of halogens is 40. The van der Waals surface area contributed by atoms with Crippen LogP contribution in [0, 0.1) is 233 Å².